The highest BCUT2D eigenvalue weighted by Gasteiger charge is 2.27. The third-order valence-electron chi connectivity index (χ3n) is 23.9. The average Bonchev–Trinajstić information content (AvgIpc) is 1.55. The van der Waals surface area contributed by atoms with Crippen LogP contribution in [0.15, 0.2) is 409 Å². The first-order valence-electron chi connectivity index (χ1n) is 40.0. The van der Waals surface area contributed by atoms with Gasteiger partial charge in [-0.1, -0.05) is 303 Å². The summed E-state index contributed by atoms with van der Waals surface area (Å²) >= 11 is 0. The standard InChI is InChI=1S/C58H35N3O.C52H31N3O/c1-4-16-36(17-5-1)41-28-29-52-49(31-41)55-44-25-13-12-24-43(44)46(38-20-8-3-9-21-38)35-53(55)61(52)58-59-51-27-15-14-26-45(51)56(60-58)50-33-42(37-18-6-2-7-19-37)32-48-47-30-39-22-10-11-23-40(39)34-54(47)62-57(48)50;1-3-13-32(14-4-1)37-24-25-46-43(28-37)49-39-20-10-9-17-34(39)23-26-47(49)55(46)52-53-45-22-12-11-21-40(45)50(54-52)44-30-38(33-15-5-2-6-16-33)29-42-41-27-35-18-7-8-19-36(35)31-48(41)56-51(42)44/h1-35H;1-31H. The van der Waals surface area contributed by atoms with E-state index in [9.17, 15) is 0 Å². The van der Waals surface area contributed by atoms with E-state index in [1.54, 1.807) is 0 Å². The Morgan fingerprint density at radius 1 is 0.186 bits per heavy atom. The molecule has 0 aliphatic carbocycles. The summed E-state index contributed by atoms with van der Waals surface area (Å²) in [7, 11) is 0. The summed E-state index contributed by atoms with van der Waals surface area (Å²) < 4.78 is 18.4. The van der Waals surface area contributed by atoms with Gasteiger partial charge in [-0.2, -0.15) is 0 Å². The van der Waals surface area contributed by atoms with Gasteiger partial charge in [-0.3, -0.25) is 9.13 Å². The highest BCUT2D eigenvalue weighted by Crippen LogP contribution is 2.49. The normalized spacial score (nSPS) is 11.9. The largest absolute Gasteiger partial charge is 0.455 e. The van der Waals surface area contributed by atoms with Crippen LogP contribution in [0.5, 0.6) is 0 Å². The van der Waals surface area contributed by atoms with Gasteiger partial charge in [0, 0.05) is 65.0 Å². The van der Waals surface area contributed by atoms with Crippen LogP contribution in [0.25, 0.3) is 242 Å². The van der Waals surface area contributed by atoms with Crippen LogP contribution >= 0.6 is 0 Å². The van der Waals surface area contributed by atoms with E-state index in [0.29, 0.717) is 11.9 Å². The van der Waals surface area contributed by atoms with Crippen molar-refractivity contribution in [3.8, 4) is 90.0 Å². The molecule has 0 saturated carbocycles. The maximum Gasteiger partial charge on any atom is 0.235 e. The van der Waals surface area contributed by atoms with E-state index in [4.69, 9.17) is 28.8 Å². The summed E-state index contributed by atoms with van der Waals surface area (Å²) in [6.07, 6.45) is 0. The zero-order valence-corrected chi connectivity index (χ0v) is 63.6. The number of fused-ring (bicyclic) bond motifs is 20. The van der Waals surface area contributed by atoms with Crippen LogP contribution in [0.2, 0.25) is 0 Å². The van der Waals surface area contributed by atoms with Crippen LogP contribution in [0, 0.1) is 0 Å². The Labute approximate surface area is 676 Å². The Morgan fingerprint density at radius 2 is 0.542 bits per heavy atom. The Kier molecular flexibility index (Phi) is 15.2. The molecule has 0 bridgehead atoms. The van der Waals surface area contributed by atoms with Gasteiger partial charge < -0.3 is 8.83 Å². The Bertz CT molecular complexity index is 8420. The van der Waals surface area contributed by atoms with E-state index in [1.165, 1.54) is 59.8 Å². The monoisotopic (exact) mass is 1500 g/mol. The first-order chi connectivity index (χ1) is 58.5. The summed E-state index contributed by atoms with van der Waals surface area (Å²) in [6, 6.07) is 142. The number of benzene rings is 19. The molecule has 0 fully saturated rings. The van der Waals surface area contributed by atoms with E-state index in [-0.39, 0.29) is 0 Å². The lowest BCUT2D eigenvalue weighted by Gasteiger charge is -2.14. The molecule has 0 unspecified atom stereocenters. The van der Waals surface area contributed by atoms with E-state index < -0.39 is 0 Å². The highest BCUT2D eigenvalue weighted by molar-refractivity contribution is 6.26. The van der Waals surface area contributed by atoms with Crippen molar-refractivity contribution in [2.24, 2.45) is 0 Å². The molecule has 0 N–H and O–H groups in total. The smallest absolute Gasteiger partial charge is 0.235 e. The lowest BCUT2D eigenvalue weighted by Crippen LogP contribution is -2.04. The summed E-state index contributed by atoms with van der Waals surface area (Å²) in [4.78, 5) is 22.0. The van der Waals surface area contributed by atoms with E-state index in [2.05, 4.69) is 410 Å². The van der Waals surface area contributed by atoms with Crippen molar-refractivity contribution in [3.05, 3.63) is 400 Å². The summed E-state index contributed by atoms with van der Waals surface area (Å²) in [6.45, 7) is 0. The Morgan fingerprint density at radius 3 is 1.02 bits per heavy atom. The fourth-order valence-corrected chi connectivity index (χ4v) is 18.4. The number of para-hydroxylation sites is 2. The lowest BCUT2D eigenvalue weighted by molar-refractivity contribution is 0.670. The van der Waals surface area contributed by atoms with Crippen LogP contribution in [0.3, 0.4) is 0 Å². The second kappa shape index (κ2) is 26.9. The molecule has 0 atom stereocenters. The van der Waals surface area contributed by atoms with Gasteiger partial charge in [-0.05, 0) is 196 Å². The van der Waals surface area contributed by atoms with Gasteiger partial charge in [0.05, 0.1) is 44.5 Å². The number of hydrogen-bond acceptors (Lipinski definition) is 6. The van der Waals surface area contributed by atoms with Crippen molar-refractivity contribution in [1.29, 1.82) is 0 Å². The number of aromatic nitrogens is 6. The van der Waals surface area contributed by atoms with Gasteiger partial charge in [0.2, 0.25) is 11.9 Å². The predicted octanol–water partition coefficient (Wildman–Crippen LogP) is 29.5. The molecule has 0 aliphatic rings. The zero-order chi connectivity index (χ0) is 77.5. The Hall–Kier alpha value is -15.9. The van der Waals surface area contributed by atoms with Crippen LogP contribution < -0.4 is 0 Å². The van der Waals surface area contributed by atoms with E-state index in [0.717, 1.165) is 171 Å². The minimum atomic E-state index is 0.598. The maximum atomic E-state index is 6.96. The SMILES string of the molecule is c1ccc(-c2cc(-c3nc(-n4c5ccc(-c6ccccc6)cc5c5c6ccccc6c(-c6ccccc6)cc54)nc4ccccc34)c3oc4cc5ccccc5cc4c3c2)cc1.c1ccc(-c2cc(-c3nc(-n4c5ccc(-c6ccccc6)cc5c5c6ccccc6ccc54)nc4ccccc34)c3oc4cc5ccccc5cc4c3c2)cc1. The number of furan rings is 2. The number of nitrogens with zero attached hydrogens (tertiary/aromatic N) is 6. The minimum absolute atomic E-state index is 0.598. The third kappa shape index (κ3) is 10.8. The second-order valence-corrected chi connectivity index (χ2v) is 30.7. The quantitative estimate of drug-likeness (QED) is 0.143. The van der Waals surface area contributed by atoms with Crippen LogP contribution in [-0.4, -0.2) is 29.1 Å². The van der Waals surface area contributed by atoms with Gasteiger partial charge in [0.25, 0.3) is 0 Å². The molecule has 0 radical (unpaired) electrons. The van der Waals surface area contributed by atoms with Crippen molar-refractivity contribution in [3.63, 3.8) is 0 Å². The molecule has 25 rings (SSSR count). The molecular formula is C110H66N6O2. The molecule has 6 heterocycles. The first-order valence-corrected chi connectivity index (χ1v) is 40.0. The summed E-state index contributed by atoms with van der Waals surface area (Å²) in [5.74, 6) is 1.21. The van der Waals surface area contributed by atoms with Gasteiger partial charge in [-0.25, -0.2) is 19.9 Å². The number of hydrogen-bond donors (Lipinski definition) is 0. The van der Waals surface area contributed by atoms with Crippen molar-refractivity contribution in [2.75, 3.05) is 0 Å². The minimum Gasteiger partial charge on any atom is -0.455 e. The van der Waals surface area contributed by atoms with Gasteiger partial charge in [0.15, 0.2) is 0 Å². The molecule has 6 aromatic heterocycles. The van der Waals surface area contributed by atoms with Gasteiger partial charge >= 0.3 is 0 Å². The highest BCUT2D eigenvalue weighted by atomic mass is 16.3. The molecule has 0 amide bonds. The lowest BCUT2D eigenvalue weighted by atomic mass is 9.94. The summed E-state index contributed by atoms with van der Waals surface area (Å²) in [5, 5.41) is 20.3. The molecule has 118 heavy (non-hydrogen) atoms. The third-order valence-corrected chi connectivity index (χ3v) is 23.9. The van der Waals surface area contributed by atoms with Gasteiger partial charge in [-0.15, -0.1) is 0 Å². The van der Waals surface area contributed by atoms with Crippen molar-refractivity contribution in [1.82, 2.24) is 29.1 Å². The fourth-order valence-electron chi connectivity index (χ4n) is 18.4. The molecule has 0 aliphatic heterocycles. The first kappa shape index (κ1) is 66.7. The molecule has 8 heteroatoms. The Balaban J connectivity index is 0.000000135. The molecule has 0 saturated heterocycles. The van der Waals surface area contributed by atoms with E-state index >= 15 is 0 Å². The van der Waals surface area contributed by atoms with Crippen molar-refractivity contribution < 1.29 is 8.83 Å². The molecule has 548 valence electrons. The van der Waals surface area contributed by atoms with Crippen LogP contribution in [0.4, 0.5) is 0 Å². The maximum absolute atomic E-state index is 6.96. The molecule has 0 spiro atoms. The van der Waals surface area contributed by atoms with Crippen molar-refractivity contribution in [2.45, 2.75) is 0 Å². The molecule has 25 aromatic rings. The molecule has 19 aromatic carbocycles. The van der Waals surface area contributed by atoms with E-state index in [1.807, 2.05) is 0 Å². The van der Waals surface area contributed by atoms with Gasteiger partial charge in [0.1, 0.15) is 22.3 Å². The second-order valence-electron chi connectivity index (χ2n) is 30.7. The predicted molar refractivity (Wildman–Crippen MR) is 490 cm³/mol. The molecule has 8 nitrogen and oxygen atoms in total. The van der Waals surface area contributed by atoms with Crippen LogP contribution in [-0.2, 0) is 0 Å². The average molecular weight is 1500 g/mol. The fraction of sp³-hybridized carbons (Fsp3) is 0. The van der Waals surface area contributed by atoms with Crippen molar-refractivity contribution >= 4 is 152 Å². The zero-order valence-electron chi connectivity index (χ0n) is 63.6. The van der Waals surface area contributed by atoms with Crippen LogP contribution in [0.1, 0.15) is 0 Å². The summed E-state index contributed by atoms with van der Waals surface area (Å²) in [5.41, 5.74) is 24.2. The number of rotatable bonds is 9. The molecular weight excluding hydrogens is 1440 g/mol. The topological polar surface area (TPSA) is 87.7 Å².